The van der Waals surface area contributed by atoms with Crippen LogP contribution in [-0.4, -0.2) is 37.2 Å². The molecule has 0 bridgehead atoms. The van der Waals surface area contributed by atoms with Gasteiger partial charge in [0, 0.05) is 48.1 Å². The third-order valence-electron chi connectivity index (χ3n) is 7.28. The van der Waals surface area contributed by atoms with E-state index < -0.39 is 5.92 Å². The van der Waals surface area contributed by atoms with Gasteiger partial charge in [-0.05, 0) is 42.3 Å². The van der Waals surface area contributed by atoms with E-state index in [1.54, 1.807) is 30.3 Å². The number of ketones is 2. The molecule has 8 heteroatoms. The van der Waals surface area contributed by atoms with Crippen LogP contribution in [-0.2, 0) is 6.54 Å². The largest absolute Gasteiger partial charge is 0.454 e. The second-order valence-electron chi connectivity index (χ2n) is 9.87. The van der Waals surface area contributed by atoms with Crippen LogP contribution in [0.1, 0.15) is 31.8 Å². The lowest BCUT2D eigenvalue weighted by Gasteiger charge is -2.34. The molecule has 0 saturated carbocycles. The zero-order chi connectivity index (χ0) is 26.5. The van der Waals surface area contributed by atoms with Crippen LogP contribution < -0.4 is 24.8 Å². The van der Waals surface area contributed by atoms with Crippen molar-refractivity contribution >= 4 is 23.0 Å². The summed E-state index contributed by atoms with van der Waals surface area (Å²) < 4.78 is 17.1. The summed E-state index contributed by atoms with van der Waals surface area (Å²) in [5.74, 6) is 1.48. The lowest BCUT2D eigenvalue weighted by atomic mass is 9.72. The van der Waals surface area contributed by atoms with Gasteiger partial charge in [0.05, 0.1) is 11.6 Å². The van der Waals surface area contributed by atoms with E-state index in [2.05, 4.69) is 10.6 Å². The number of hydrogen-bond acceptors (Lipinski definition) is 8. The van der Waals surface area contributed by atoms with Gasteiger partial charge < -0.3 is 24.8 Å². The van der Waals surface area contributed by atoms with Crippen molar-refractivity contribution in [3.63, 3.8) is 0 Å². The third-order valence-corrected chi connectivity index (χ3v) is 7.28. The van der Waals surface area contributed by atoms with Crippen molar-refractivity contribution in [1.29, 1.82) is 0 Å². The predicted molar refractivity (Wildman–Crippen MR) is 145 cm³/mol. The summed E-state index contributed by atoms with van der Waals surface area (Å²) in [4.78, 5) is 32.3. The number of aryl methyl sites for hydroxylation is 1. The molecule has 4 aliphatic rings. The Hall–Kier alpha value is -4.69. The second kappa shape index (κ2) is 9.25. The fourth-order valence-corrected chi connectivity index (χ4v) is 5.38. The van der Waals surface area contributed by atoms with Gasteiger partial charge in [0.2, 0.25) is 6.79 Å². The molecule has 8 nitrogen and oxygen atoms in total. The van der Waals surface area contributed by atoms with Gasteiger partial charge in [-0.15, -0.1) is 0 Å². The average molecular weight is 520 g/mol. The van der Waals surface area contributed by atoms with E-state index in [-0.39, 0.29) is 18.4 Å². The third kappa shape index (κ3) is 4.00. The molecule has 2 heterocycles. The Bertz CT molecular complexity index is 1650. The molecule has 2 N–H and O–H groups in total. The first-order chi connectivity index (χ1) is 19.1. The first-order valence-electron chi connectivity index (χ1n) is 12.9. The summed E-state index contributed by atoms with van der Waals surface area (Å²) >= 11 is 0. The van der Waals surface area contributed by atoms with Crippen LogP contribution in [0.25, 0.3) is 0 Å². The van der Waals surface area contributed by atoms with Crippen LogP contribution in [0.4, 0.5) is 5.69 Å². The van der Waals surface area contributed by atoms with Gasteiger partial charge in [-0.1, -0.05) is 36.4 Å². The number of rotatable bonds is 6. The highest BCUT2D eigenvalue weighted by Gasteiger charge is 2.46. The number of carbonyl (C=O) groups is 2. The maximum absolute atomic E-state index is 13.8. The molecular weight excluding hydrogens is 494 g/mol. The lowest BCUT2D eigenvalue weighted by molar-refractivity contribution is 0.0908. The number of carbonyl (C=O) groups excluding carboxylic acids is 2. The van der Waals surface area contributed by atoms with Crippen molar-refractivity contribution in [3.8, 4) is 17.2 Å². The summed E-state index contributed by atoms with van der Waals surface area (Å²) in [5.41, 5.74) is 5.08. The molecule has 0 amide bonds. The molecule has 2 aliphatic carbocycles. The molecular formula is C31H25N3O5. The zero-order valence-electron chi connectivity index (χ0n) is 21.2. The van der Waals surface area contributed by atoms with Gasteiger partial charge in [0.15, 0.2) is 34.6 Å². The van der Waals surface area contributed by atoms with Crippen LogP contribution in [0.15, 0.2) is 88.8 Å². The number of allylic oxidation sites excluding steroid dienone is 3. The Morgan fingerprint density at radius 2 is 1.77 bits per heavy atom. The number of aliphatic imine (C=N–C) groups is 1. The topological polar surface area (TPSA) is 98.2 Å². The van der Waals surface area contributed by atoms with Gasteiger partial charge in [-0.2, -0.15) is 0 Å². The van der Waals surface area contributed by atoms with Crippen LogP contribution >= 0.6 is 0 Å². The molecule has 0 fully saturated rings. The molecule has 2 aliphatic heterocycles. The fraction of sp³-hybridized carbons (Fsp3) is 0.194. The lowest BCUT2D eigenvalue weighted by Crippen LogP contribution is -2.42. The minimum atomic E-state index is -0.828. The summed E-state index contributed by atoms with van der Waals surface area (Å²) in [6, 6.07) is 18.6. The molecule has 3 aromatic carbocycles. The average Bonchev–Trinajstić information content (AvgIpc) is 3.42. The van der Waals surface area contributed by atoms with Crippen LogP contribution in [0.3, 0.4) is 0 Å². The Kier molecular flexibility index (Phi) is 5.56. The first kappa shape index (κ1) is 23.4. The van der Waals surface area contributed by atoms with E-state index in [0.717, 1.165) is 22.6 Å². The van der Waals surface area contributed by atoms with E-state index in [1.165, 1.54) is 0 Å². The van der Waals surface area contributed by atoms with Crippen LogP contribution in [0.5, 0.6) is 17.2 Å². The predicted octanol–water partition coefficient (Wildman–Crippen LogP) is 4.42. The fourth-order valence-electron chi connectivity index (χ4n) is 5.38. The summed E-state index contributed by atoms with van der Waals surface area (Å²) in [6.07, 6.45) is 1.80. The van der Waals surface area contributed by atoms with E-state index in [0.29, 0.717) is 64.9 Å². The molecule has 7 rings (SSSR count). The number of nitrogens with zero attached hydrogens (tertiary/aromatic N) is 1. The van der Waals surface area contributed by atoms with E-state index in [9.17, 15) is 9.59 Å². The van der Waals surface area contributed by atoms with Gasteiger partial charge in [0.1, 0.15) is 5.69 Å². The van der Waals surface area contributed by atoms with Gasteiger partial charge in [-0.3, -0.25) is 9.59 Å². The molecule has 0 aromatic heterocycles. The van der Waals surface area contributed by atoms with Crippen molar-refractivity contribution < 1.29 is 23.8 Å². The zero-order valence-corrected chi connectivity index (χ0v) is 21.2. The van der Waals surface area contributed by atoms with Crippen molar-refractivity contribution in [2.75, 3.05) is 19.9 Å². The van der Waals surface area contributed by atoms with Crippen molar-refractivity contribution in [1.82, 2.24) is 10.6 Å². The Balaban J connectivity index is 1.16. The summed E-state index contributed by atoms with van der Waals surface area (Å²) in [5, 5.41) is 6.79. The number of Topliss-reactive ketones (excluding diaryl/α,β-unsaturated/α-hetero) is 2. The quantitative estimate of drug-likeness (QED) is 0.466. The van der Waals surface area contributed by atoms with Crippen LogP contribution in [0, 0.1) is 12.8 Å². The molecule has 0 radical (unpaired) electrons. The molecule has 3 aromatic rings. The Morgan fingerprint density at radius 3 is 2.67 bits per heavy atom. The first-order valence-corrected chi connectivity index (χ1v) is 12.9. The van der Waals surface area contributed by atoms with E-state index >= 15 is 0 Å². The highest BCUT2D eigenvalue weighted by molar-refractivity contribution is 6.33. The van der Waals surface area contributed by atoms with Crippen molar-refractivity contribution in [2.24, 2.45) is 10.9 Å². The highest BCUT2D eigenvalue weighted by atomic mass is 16.7. The minimum absolute atomic E-state index is 0.149. The Morgan fingerprint density at radius 1 is 0.923 bits per heavy atom. The number of ether oxygens (including phenoxy) is 3. The van der Waals surface area contributed by atoms with Crippen molar-refractivity contribution in [3.05, 3.63) is 106 Å². The molecule has 1 unspecified atom stereocenters. The second-order valence-corrected chi connectivity index (χ2v) is 9.87. The van der Waals surface area contributed by atoms with Gasteiger partial charge >= 0.3 is 0 Å². The number of nitrogens with one attached hydrogen (secondary N) is 2. The minimum Gasteiger partial charge on any atom is -0.454 e. The standard InChI is InChI=1S/C31H25N3O5/c1-17-6-8-21-24(12-17)39-26-14-22(33-11-10-32-15-18-7-9-23-25(13-18)38-16-37-23)27-28(29(26)34-21)31(36)20-5-3-2-4-19(20)30(27)35/h2-9,12-14,28,32-33H,10-11,15-16H2,1H3. The summed E-state index contributed by atoms with van der Waals surface area (Å²) in [6.45, 7) is 4.04. The maximum atomic E-state index is 13.8. The molecule has 1 atom stereocenters. The SMILES string of the molecule is Cc1ccc2c(c1)OC1=CC(NCCNCc3ccc4c(c3)OCO4)=C3C(=O)c4ccccc4C(=O)C3C1=N2. The maximum Gasteiger partial charge on any atom is 0.231 e. The van der Waals surface area contributed by atoms with Gasteiger partial charge in [-0.25, -0.2) is 4.99 Å². The Labute approximate surface area is 225 Å². The smallest absolute Gasteiger partial charge is 0.231 e. The van der Waals surface area contributed by atoms with Crippen molar-refractivity contribution in [2.45, 2.75) is 13.5 Å². The molecule has 0 spiro atoms. The molecule has 0 saturated heterocycles. The van der Waals surface area contributed by atoms with E-state index in [1.807, 2.05) is 43.3 Å². The number of fused-ring (bicyclic) bond motifs is 6. The molecule has 194 valence electrons. The summed E-state index contributed by atoms with van der Waals surface area (Å²) in [7, 11) is 0. The van der Waals surface area contributed by atoms with Gasteiger partial charge in [0.25, 0.3) is 0 Å². The number of hydrogen-bond donors (Lipinski definition) is 2. The molecule has 39 heavy (non-hydrogen) atoms. The number of benzene rings is 3. The van der Waals surface area contributed by atoms with E-state index in [4.69, 9.17) is 19.2 Å². The normalized spacial score (nSPS) is 18.3. The monoisotopic (exact) mass is 519 g/mol. The van der Waals surface area contributed by atoms with Crippen LogP contribution in [0.2, 0.25) is 0 Å². The highest BCUT2D eigenvalue weighted by Crippen LogP contribution is 2.43.